The number of methoxy groups -OCH3 is 1. The summed E-state index contributed by atoms with van der Waals surface area (Å²) < 4.78 is 6.48. The van der Waals surface area contributed by atoms with E-state index in [0.29, 0.717) is 0 Å². The van der Waals surface area contributed by atoms with Crippen LogP contribution in [-0.2, 0) is 0 Å². The molecule has 0 aliphatic rings. The maximum atomic E-state index is 5.48. The standard InChI is InChI=1S/C16H19BrN2OS/c1-11-4-6-15(20-3)13(8-11)14(18-2)10-21-16-7-5-12(17)9-19-16/h4-9,14,18H,10H2,1-3H3. The number of rotatable bonds is 6. The summed E-state index contributed by atoms with van der Waals surface area (Å²) in [5.74, 6) is 1.81. The number of ether oxygens (including phenoxy) is 1. The first-order chi connectivity index (χ1) is 10.1. The first-order valence-electron chi connectivity index (χ1n) is 6.70. The molecule has 5 heteroatoms. The highest BCUT2D eigenvalue weighted by molar-refractivity contribution is 9.10. The van der Waals surface area contributed by atoms with Crippen LogP contribution in [0, 0.1) is 6.92 Å². The van der Waals surface area contributed by atoms with Crippen molar-refractivity contribution in [1.82, 2.24) is 10.3 Å². The maximum Gasteiger partial charge on any atom is 0.123 e. The lowest BCUT2D eigenvalue weighted by atomic mass is 10.0. The predicted molar refractivity (Wildman–Crippen MR) is 92.2 cm³/mol. The van der Waals surface area contributed by atoms with Crippen LogP contribution in [0.25, 0.3) is 0 Å². The third-order valence-corrected chi connectivity index (χ3v) is 4.71. The van der Waals surface area contributed by atoms with Gasteiger partial charge in [0.05, 0.1) is 12.1 Å². The second-order valence-corrected chi connectivity index (χ2v) is 6.67. The Morgan fingerprint density at radius 3 is 2.76 bits per heavy atom. The van der Waals surface area contributed by atoms with E-state index in [4.69, 9.17) is 4.74 Å². The topological polar surface area (TPSA) is 34.2 Å². The predicted octanol–water partition coefficient (Wildman–Crippen LogP) is 4.21. The number of pyridine rings is 1. The molecule has 0 aliphatic heterocycles. The van der Waals surface area contributed by atoms with Crippen LogP contribution in [0.2, 0.25) is 0 Å². The van der Waals surface area contributed by atoms with Crippen molar-refractivity contribution in [3.05, 3.63) is 52.1 Å². The number of hydrogen-bond donors (Lipinski definition) is 1. The highest BCUT2D eigenvalue weighted by Crippen LogP contribution is 2.30. The molecule has 0 bridgehead atoms. The zero-order valence-electron chi connectivity index (χ0n) is 12.4. The number of aromatic nitrogens is 1. The van der Waals surface area contributed by atoms with Crippen molar-refractivity contribution in [3.8, 4) is 5.75 Å². The molecule has 3 nitrogen and oxygen atoms in total. The second-order valence-electron chi connectivity index (χ2n) is 4.71. The minimum atomic E-state index is 0.218. The molecule has 0 fully saturated rings. The van der Waals surface area contributed by atoms with Gasteiger partial charge in [0.1, 0.15) is 5.75 Å². The highest BCUT2D eigenvalue weighted by Gasteiger charge is 2.15. The number of thioether (sulfide) groups is 1. The number of nitrogens with one attached hydrogen (secondary N) is 1. The zero-order valence-corrected chi connectivity index (χ0v) is 14.8. The van der Waals surface area contributed by atoms with Crippen molar-refractivity contribution >= 4 is 27.7 Å². The molecule has 0 radical (unpaired) electrons. The molecule has 1 unspecified atom stereocenters. The van der Waals surface area contributed by atoms with Gasteiger partial charge < -0.3 is 10.1 Å². The molecule has 0 spiro atoms. The summed E-state index contributed by atoms with van der Waals surface area (Å²) in [6.45, 7) is 2.10. The molecule has 0 amide bonds. The maximum absolute atomic E-state index is 5.48. The molecule has 1 aromatic heterocycles. The van der Waals surface area contributed by atoms with Crippen molar-refractivity contribution < 1.29 is 4.74 Å². The van der Waals surface area contributed by atoms with Crippen molar-refractivity contribution in [3.63, 3.8) is 0 Å². The van der Waals surface area contributed by atoms with E-state index in [-0.39, 0.29) is 6.04 Å². The Morgan fingerprint density at radius 1 is 1.33 bits per heavy atom. The van der Waals surface area contributed by atoms with E-state index in [2.05, 4.69) is 45.3 Å². The molecule has 1 atom stereocenters. The Bertz CT molecular complexity index is 589. The van der Waals surface area contributed by atoms with E-state index in [1.807, 2.05) is 31.4 Å². The fourth-order valence-corrected chi connectivity index (χ4v) is 3.28. The fraction of sp³-hybridized carbons (Fsp3) is 0.312. The van der Waals surface area contributed by atoms with Crippen molar-refractivity contribution in [2.75, 3.05) is 19.9 Å². The lowest BCUT2D eigenvalue weighted by Gasteiger charge is -2.19. The van der Waals surface area contributed by atoms with Gasteiger partial charge in [-0.15, -0.1) is 11.8 Å². The molecule has 2 rings (SSSR count). The fourth-order valence-electron chi connectivity index (χ4n) is 2.07. The molecular formula is C16H19BrN2OS. The first kappa shape index (κ1) is 16.3. The monoisotopic (exact) mass is 366 g/mol. The molecule has 0 saturated heterocycles. The Morgan fingerprint density at radius 2 is 2.14 bits per heavy atom. The first-order valence-corrected chi connectivity index (χ1v) is 8.48. The van der Waals surface area contributed by atoms with E-state index in [0.717, 1.165) is 21.0 Å². The van der Waals surface area contributed by atoms with E-state index >= 15 is 0 Å². The smallest absolute Gasteiger partial charge is 0.123 e. The third kappa shape index (κ3) is 4.46. The van der Waals surface area contributed by atoms with Crippen molar-refractivity contribution in [2.45, 2.75) is 18.0 Å². The molecule has 0 saturated carbocycles. The zero-order chi connectivity index (χ0) is 15.2. The van der Waals surface area contributed by atoms with Gasteiger partial charge >= 0.3 is 0 Å². The van der Waals surface area contributed by atoms with Crippen molar-refractivity contribution in [2.24, 2.45) is 0 Å². The Hall–Kier alpha value is -1.04. The van der Waals surface area contributed by atoms with E-state index in [1.54, 1.807) is 18.9 Å². The lowest BCUT2D eigenvalue weighted by molar-refractivity contribution is 0.404. The van der Waals surface area contributed by atoms with Crippen LogP contribution in [0.4, 0.5) is 0 Å². The summed E-state index contributed by atoms with van der Waals surface area (Å²) >= 11 is 5.13. The number of halogens is 1. The second kappa shape index (κ2) is 7.82. The molecule has 112 valence electrons. The summed E-state index contributed by atoms with van der Waals surface area (Å²) in [6, 6.07) is 10.5. The van der Waals surface area contributed by atoms with Crippen LogP contribution in [0.3, 0.4) is 0 Å². The minimum absolute atomic E-state index is 0.218. The third-order valence-electron chi connectivity index (χ3n) is 3.21. The van der Waals surface area contributed by atoms with Crippen LogP contribution in [0.5, 0.6) is 5.75 Å². The van der Waals surface area contributed by atoms with Crippen molar-refractivity contribution in [1.29, 1.82) is 0 Å². The molecule has 21 heavy (non-hydrogen) atoms. The summed E-state index contributed by atoms with van der Waals surface area (Å²) in [5.41, 5.74) is 2.42. The molecular weight excluding hydrogens is 348 g/mol. The van der Waals surface area contributed by atoms with Gasteiger partial charge in [-0.05, 0) is 48.1 Å². The van der Waals surface area contributed by atoms with E-state index < -0.39 is 0 Å². The average Bonchev–Trinajstić information content (AvgIpc) is 2.50. The highest BCUT2D eigenvalue weighted by atomic mass is 79.9. The number of nitrogens with zero attached hydrogens (tertiary/aromatic N) is 1. The quantitative estimate of drug-likeness (QED) is 0.776. The van der Waals surface area contributed by atoms with Gasteiger partial charge in [-0.2, -0.15) is 0 Å². The van der Waals surface area contributed by atoms with Gasteiger partial charge in [-0.1, -0.05) is 17.7 Å². The van der Waals surface area contributed by atoms with Crippen LogP contribution < -0.4 is 10.1 Å². The van der Waals surface area contributed by atoms with Crippen LogP contribution in [0.1, 0.15) is 17.2 Å². The summed E-state index contributed by atoms with van der Waals surface area (Å²) in [5, 5.41) is 4.38. The Labute approximate surface area is 138 Å². The number of aryl methyl sites for hydroxylation is 1. The molecule has 1 heterocycles. The average molecular weight is 367 g/mol. The Kier molecular flexibility index (Phi) is 6.08. The Balaban J connectivity index is 2.12. The van der Waals surface area contributed by atoms with Gasteiger partial charge in [0.2, 0.25) is 0 Å². The van der Waals surface area contributed by atoms with Crippen LogP contribution >= 0.6 is 27.7 Å². The number of hydrogen-bond acceptors (Lipinski definition) is 4. The van der Waals surface area contributed by atoms with Gasteiger partial charge in [0.25, 0.3) is 0 Å². The normalized spacial score (nSPS) is 12.2. The summed E-state index contributed by atoms with van der Waals surface area (Å²) in [4.78, 5) is 4.40. The van der Waals surface area contributed by atoms with E-state index in [9.17, 15) is 0 Å². The molecule has 0 aliphatic carbocycles. The minimum Gasteiger partial charge on any atom is -0.496 e. The largest absolute Gasteiger partial charge is 0.496 e. The van der Waals surface area contributed by atoms with Gasteiger partial charge in [-0.25, -0.2) is 4.98 Å². The van der Waals surface area contributed by atoms with E-state index in [1.165, 1.54) is 11.1 Å². The van der Waals surface area contributed by atoms with Crippen LogP contribution in [-0.4, -0.2) is 24.9 Å². The van der Waals surface area contributed by atoms with Gasteiger partial charge in [0.15, 0.2) is 0 Å². The molecule has 1 N–H and O–H groups in total. The molecule has 1 aromatic carbocycles. The molecule has 2 aromatic rings. The summed E-state index contributed by atoms with van der Waals surface area (Å²) in [6.07, 6.45) is 1.82. The SMILES string of the molecule is CNC(CSc1ccc(Br)cn1)c1cc(C)ccc1OC. The summed E-state index contributed by atoms with van der Waals surface area (Å²) in [7, 11) is 3.69. The van der Waals surface area contributed by atoms with Gasteiger partial charge in [-0.3, -0.25) is 0 Å². The number of benzene rings is 1. The van der Waals surface area contributed by atoms with Gasteiger partial charge in [0, 0.05) is 28.0 Å². The van der Waals surface area contributed by atoms with Crippen LogP contribution in [0.15, 0.2) is 46.0 Å². The lowest BCUT2D eigenvalue weighted by Crippen LogP contribution is -2.19.